The molecule has 0 spiro atoms. The number of rotatable bonds is 4. The quantitative estimate of drug-likeness (QED) is 0.608. The molecular weight excluding hydrogens is 158 g/mol. The highest BCUT2D eigenvalue weighted by Crippen LogP contribution is 2.07. The fourth-order valence-corrected chi connectivity index (χ4v) is 1.40. The van der Waals surface area contributed by atoms with Crippen molar-refractivity contribution in [2.24, 2.45) is 0 Å². The third-order valence-electron chi connectivity index (χ3n) is 1.35. The zero-order valence-electron chi connectivity index (χ0n) is 7.17. The normalized spacial score (nSPS) is 9.27. The molecule has 1 amide bonds. The molecule has 0 aromatic heterocycles. The molecule has 11 heavy (non-hydrogen) atoms. The van der Waals surface area contributed by atoms with E-state index in [-0.39, 0.29) is 5.24 Å². The summed E-state index contributed by atoms with van der Waals surface area (Å²) < 4.78 is 0. The highest BCUT2D eigenvalue weighted by Gasteiger charge is 2.07. The zero-order valence-corrected chi connectivity index (χ0v) is 7.99. The summed E-state index contributed by atoms with van der Waals surface area (Å²) in [7, 11) is 0. The van der Waals surface area contributed by atoms with Crippen molar-refractivity contribution in [2.45, 2.75) is 13.8 Å². The summed E-state index contributed by atoms with van der Waals surface area (Å²) in [5, 5.41) is 0.148. The van der Waals surface area contributed by atoms with Crippen molar-refractivity contribution in [1.29, 1.82) is 0 Å². The number of carbonyl (C=O) groups excluding carboxylic acids is 1. The molecule has 0 fully saturated rings. The van der Waals surface area contributed by atoms with Crippen molar-refractivity contribution >= 4 is 17.0 Å². The minimum Gasteiger partial charge on any atom is -0.334 e. The molecule has 64 valence electrons. The molecule has 0 unspecified atom stereocenters. The van der Waals surface area contributed by atoms with Gasteiger partial charge >= 0.3 is 0 Å². The lowest BCUT2D eigenvalue weighted by molar-refractivity contribution is 0.228. The maximum atomic E-state index is 11.2. The van der Waals surface area contributed by atoms with Gasteiger partial charge in [-0.15, -0.1) is 6.58 Å². The maximum absolute atomic E-state index is 11.2. The minimum atomic E-state index is 0.148. The minimum absolute atomic E-state index is 0.148. The van der Waals surface area contributed by atoms with Crippen molar-refractivity contribution in [3.8, 4) is 0 Å². The van der Waals surface area contributed by atoms with Gasteiger partial charge < -0.3 is 4.90 Å². The fourth-order valence-electron chi connectivity index (χ4n) is 0.703. The lowest BCUT2D eigenvalue weighted by Gasteiger charge is -2.16. The van der Waals surface area contributed by atoms with Crippen LogP contribution in [0.15, 0.2) is 12.7 Å². The van der Waals surface area contributed by atoms with Crippen molar-refractivity contribution in [1.82, 2.24) is 4.90 Å². The summed E-state index contributed by atoms with van der Waals surface area (Å²) in [6, 6.07) is 0. The summed E-state index contributed by atoms with van der Waals surface area (Å²) in [6.45, 7) is 9.10. The first-order valence-corrected chi connectivity index (χ1v) is 4.77. The number of carbonyl (C=O) groups is 1. The van der Waals surface area contributed by atoms with Crippen LogP contribution in [0.2, 0.25) is 0 Å². The van der Waals surface area contributed by atoms with Gasteiger partial charge in [-0.1, -0.05) is 17.8 Å². The van der Waals surface area contributed by atoms with Gasteiger partial charge in [0.2, 0.25) is 0 Å². The van der Waals surface area contributed by atoms with Gasteiger partial charge in [0.1, 0.15) is 0 Å². The smallest absolute Gasteiger partial charge is 0.281 e. The highest BCUT2D eigenvalue weighted by atomic mass is 32.2. The van der Waals surface area contributed by atoms with Crippen LogP contribution in [0.5, 0.6) is 0 Å². The zero-order chi connectivity index (χ0) is 8.69. The molecular formula is C8H15NOS. The molecule has 0 bridgehead atoms. The van der Waals surface area contributed by atoms with E-state index in [0.29, 0.717) is 5.75 Å². The molecule has 0 aliphatic carbocycles. The van der Waals surface area contributed by atoms with Gasteiger partial charge in [-0.25, -0.2) is 0 Å². The van der Waals surface area contributed by atoms with Crippen molar-refractivity contribution in [2.75, 3.05) is 18.8 Å². The van der Waals surface area contributed by atoms with Gasteiger partial charge in [-0.2, -0.15) is 0 Å². The summed E-state index contributed by atoms with van der Waals surface area (Å²) in [6.07, 6.45) is 1.74. The molecule has 0 radical (unpaired) electrons. The topological polar surface area (TPSA) is 20.3 Å². The highest BCUT2D eigenvalue weighted by molar-refractivity contribution is 8.13. The number of thioether (sulfide) groups is 1. The Balaban J connectivity index is 3.69. The molecule has 0 aromatic carbocycles. The molecule has 0 saturated heterocycles. The lowest BCUT2D eigenvalue weighted by atomic mass is 10.6. The molecule has 0 aromatic rings. The molecule has 0 rings (SSSR count). The second-order valence-electron chi connectivity index (χ2n) is 2.04. The molecule has 3 heteroatoms. The van der Waals surface area contributed by atoms with Crippen LogP contribution < -0.4 is 0 Å². The van der Waals surface area contributed by atoms with E-state index in [1.807, 2.05) is 13.8 Å². The Hall–Kier alpha value is -0.440. The van der Waals surface area contributed by atoms with Crippen LogP contribution in [0.4, 0.5) is 4.79 Å². The number of amides is 1. The molecule has 2 nitrogen and oxygen atoms in total. The van der Waals surface area contributed by atoms with E-state index in [1.165, 1.54) is 11.8 Å². The van der Waals surface area contributed by atoms with Gasteiger partial charge in [0.25, 0.3) is 5.24 Å². The Morgan fingerprint density at radius 1 is 1.55 bits per heavy atom. The average molecular weight is 173 g/mol. The number of hydrogen-bond acceptors (Lipinski definition) is 2. The molecule has 0 N–H and O–H groups in total. The van der Waals surface area contributed by atoms with E-state index in [2.05, 4.69) is 6.58 Å². The standard InChI is InChI=1S/C8H15NOS/c1-4-7-11-8(10)9(5-2)6-3/h4H,1,5-7H2,2-3H3. The van der Waals surface area contributed by atoms with Gasteiger partial charge in [0, 0.05) is 18.8 Å². The average Bonchev–Trinajstić information content (AvgIpc) is 2.03. The van der Waals surface area contributed by atoms with E-state index in [9.17, 15) is 4.79 Å². The van der Waals surface area contributed by atoms with Crippen LogP contribution in [-0.2, 0) is 0 Å². The SMILES string of the molecule is C=CCSC(=O)N(CC)CC. The Morgan fingerprint density at radius 2 is 2.09 bits per heavy atom. The summed E-state index contributed by atoms with van der Waals surface area (Å²) >= 11 is 1.30. The first-order valence-electron chi connectivity index (χ1n) is 3.78. The van der Waals surface area contributed by atoms with Crippen molar-refractivity contribution in [3.63, 3.8) is 0 Å². The number of hydrogen-bond donors (Lipinski definition) is 0. The Kier molecular flexibility index (Phi) is 6.03. The molecule has 0 atom stereocenters. The summed E-state index contributed by atoms with van der Waals surface area (Å²) in [5.74, 6) is 0.704. The van der Waals surface area contributed by atoms with Gasteiger partial charge in [0.15, 0.2) is 0 Å². The monoisotopic (exact) mass is 173 g/mol. The van der Waals surface area contributed by atoms with Crippen LogP contribution in [0.25, 0.3) is 0 Å². The van der Waals surface area contributed by atoms with E-state index in [1.54, 1.807) is 11.0 Å². The Morgan fingerprint density at radius 3 is 2.45 bits per heavy atom. The van der Waals surface area contributed by atoms with Gasteiger partial charge in [-0.05, 0) is 13.8 Å². The number of nitrogens with zero attached hydrogens (tertiary/aromatic N) is 1. The third-order valence-corrected chi connectivity index (χ3v) is 2.25. The maximum Gasteiger partial charge on any atom is 0.281 e. The lowest BCUT2D eigenvalue weighted by Crippen LogP contribution is -2.26. The van der Waals surface area contributed by atoms with E-state index in [4.69, 9.17) is 0 Å². The fraction of sp³-hybridized carbons (Fsp3) is 0.625. The largest absolute Gasteiger partial charge is 0.334 e. The van der Waals surface area contributed by atoms with Crippen LogP contribution in [0, 0.1) is 0 Å². The molecule has 0 aliphatic heterocycles. The molecule has 0 aliphatic rings. The van der Waals surface area contributed by atoms with Gasteiger partial charge in [-0.3, -0.25) is 4.79 Å². The summed E-state index contributed by atoms with van der Waals surface area (Å²) in [5.41, 5.74) is 0. The first-order chi connectivity index (χ1) is 5.26. The molecule has 0 heterocycles. The van der Waals surface area contributed by atoms with Crippen molar-refractivity contribution in [3.05, 3.63) is 12.7 Å². The predicted molar refractivity (Wildman–Crippen MR) is 51.0 cm³/mol. The second-order valence-corrected chi connectivity index (χ2v) is 3.01. The third kappa shape index (κ3) is 4.09. The summed E-state index contributed by atoms with van der Waals surface area (Å²) in [4.78, 5) is 13.0. The Labute approximate surface area is 72.6 Å². The van der Waals surface area contributed by atoms with Crippen LogP contribution >= 0.6 is 11.8 Å². The van der Waals surface area contributed by atoms with Crippen LogP contribution in [0.1, 0.15) is 13.8 Å². The van der Waals surface area contributed by atoms with Crippen LogP contribution in [-0.4, -0.2) is 29.0 Å². The Bertz CT molecular complexity index is 132. The molecule has 0 saturated carbocycles. The van der Waals surface area contributed by atoms with E-state index >= 15 is 0 Å². The van der Waals surface area contributed by atoms with Gasteiger partial charge in [0.05, 0.1) is 0 Å². The van der Waals surface area contributed by atoms with E-state index in [0.717, 1.165) is 13.1 Å². The second kappa shape index (κ2) is 6.28. The van der Waals surface area contributed by atoms with Crippen molar-refractivity contribution < 1.29 is 4.79 Å². The predicted octanol–water partition coefficient (Wildman–Crippen LogP) is 2.37. The first kappa shape index (κ1) is 10.6. The van der Waals surface area contributed by atoms with E-state index < -0.39 is 0 Å². The van der Waals surface area contributed by atoms with Crippen LogP contribution in [0.3, 0.4) is 0 Å².